The lowest BCUT2D eigenvalue weighted by molar-refractivity contribution is 0.0925. The minimum absolute atomic E-state index is 0.119. The Balaban J connectivity index is 1.75. The maximum absolute atomic E-state index is 12.6. The van der Waals surface area contributed by atoms with Crippen LogP contribution in [0.3, 0.4) is 0 Å². The normalized spacial score (nSPS) is 16.6. The van der Waals surface area contributed by atoms with Crippen LogP contribution in [-0.2, 0) is 27.1 Å². The maximum atomic E-state index is 12.6. The van der Waals surface area contributed by atoms with Crippen LogP contribution in [0.4, 0.5) is 10.6 Å². The number of H-pyrrole nitrogens is 1. The predicted octanol–water partition coefficient (Wildman–Crippen LogP) is 2.14. The molecule has 0 radical (unpaired) electrons. The smallest absolute Gasteiger partial charge is 0.407 e. The Morgan fingerprint density at radius 3 is 2.69 bits per heavy atom. The van der Waals surface area contributed by atoms with E-state index in [1.807, 2.05) is 6.07 Å². The number of fused-ring (bicyclic) bond motifs is 1. The van der Waals surface area contributed by atoms with E-state index in [4.69, 9.17) is 19.8 Å². The molecule has 194 valence electrons. The van der Waals surface area contributed by atoms with Gasteiger partial charge in [0.2, 0.25) is 10.0 Å². The number of hydrogen-bond donors (Lipinski definition) is 2. The summed E-state index contributed by atoms with van der Waals surface area (Å²) in [7, 11) is 0.934. The summed E-state index contributed by atoms with van der Waals surface area (Å²) in [6, 6.07) is 7.23. The molecule has 1 unspecified atom stereocenters. The molecule has 1 atom stereocenters. The summed E-state index contributed by atoms with van der Waals surface area (Å²) in [5.41, 5.74) is 2.95. The van der Waals surface area contributed by atoms with Crippen molar-refractivity contribution in [1.82, 2.24) is 29.1 Å². The molecule has 3 aromatic rings. The van der Waals surface area contributed by atoms with Crippen LogP contribution in [0.25, 0.3) is 22.6 Å². The third-order valence-corrected chi connectivity index (χ3v) is 7.91. The minimum atomic E-state index is -3.54. The van der Waals surface area contributed by atoms with E-state index in [9.17, 15) is 13.2 Å². The minimum Gasteiger partial charge on any atom is -0.465 e. The molecule has 0 aromatic carbocycles. The molecule has 4 rings (SSSR count). The molecule has 4 heterocycles. The first-order valence-corrected chi connectivity index (χ1v) is 13.2. The molecular formula is C23H31N7O5S. The van der Waals surface area contributed by atoms with Gasteiger partial charge >= 0.3 is 6.09 Å². The molecule has 13 heteroatoms. The Kier molecular flexibility index (Phi) is 7.43. The Morgan fingerprint density at radius 2 is 2.00 bits per heavy atom. The van der Waals surface area contributed by atoms with Crippen molar-refractivity contribution >= 4 is 33.0 Å². The topological polar surface area (TPSA) is 145 Å². The number of nitrogens with one attached hydrogen (secondary N) is 1. The van der Waals surface area contributed by atoms with Gasteiger partial charge in [0.05, 0.1) is 42.5 Å². The molecule has 3 aromatic heterocycles. The monoisotopic (exact) mass is 517 g/mol. The van der Waals surface area contributed by atoms with Crippen LogP contribution < -0.4 is 4.90 Å². The lowest BCUT2D eigenvalue weighted by Crippen LogP contribution is -2.45. The summed E-state index contributed by atoms with van der Waals surface area (Å²) in [4.78, 5) is 31.7. The zero-order chi connectivity index (χ0) is 26.0. The van der Waals surface area contributed by atoms with Crippen LogP contribution in [-0.4, -0.2) is 95.7 Å². The third-order valence-electron chi connectivity index (χ3n) is 6.14. The maximum Gasteiger partial charge on any atom is 0.407 e. The van der Waals surface area contributed by atoms with Gasteiger partial charge in [0.25, 0.3) is 0 Å². The average Bonchev–Trinajstić information content (AvgIpc) is 3.24. The number of nitrogens with zero attached hydrogens (tertiary/aromatic N) is 6. The first-order chi connectivity index (χ1) is 17.1. The van der Waals surface area contributed by atoms with Crippen LogP contribution in [0.1, 0.15) is 24.7 Å². The van der Waals surface area contributed by atoms with Gasteiger partial charge in [-0.05, 0) is 24.6 Å². The number of amides is 1. The molecule has 0 saturated carbocycles. The number of morpholine rings is 1. The number of ether oxygens (including phenoxy) is 1. The predicted molar refractivity (Wildman–Crippen MR) is 135 cm³/mol. The lowest BCUT2D eigenvalue weighted by atomic mass is 10.1. The van der Waals surface area contributed by atoms with E-state index < -0.39 is 16.1 Å². The van der Waals surface area contributed by atoms with Crippen molar-refractivity contribution in [3.63, 3.8) is 0 Å². The van der Waals surface area contributed by atoms with E-state index in [1.165, 1.54) is 30.3 Å². The zero-order valence-corrected chi connectivity index (χ0v) is 21.6. The van der Waals surface area contributed by atoms with Gasteiger partial charge < -0.3 is 24.6 Å². The van der Waals surface area contributed by atoms with E-state index >= 15 is 0 Å². The van der Waals surface area contributed by atoms with E-state index in [-0.39, 0.29) is 18.3 Å². The van der Waals surface area contributed by atoms with E-state index in [1.54, 1.807) is 18.2 Å². The number of aromatic amines is 1. The summed E-state index contributed by atoms with van der Waals surface area (Å²) in [6.45, 7) is 4.03. The molecule has 1 aliphatic heterocycles. The Bertz CT molecular complexity index is 1360. The van der Waals surface area contributed by atoms with Crippen molar-refractivity contribution in [3.05, 3.63) is 35.7 Å². The van der Waals surface area contributed by atoms with Crippen molar-refractivity contribution in [1.29, 1.82) is 0 Å². The fourth-order valence-corrected chi connectivity index (χ4v) is 4.81. The number of anilines is 1. The van der Waals surface area contributed by atoms with Crippen molar-refractivity contribution in [2.24, 2.45) is 0 Å². The van der Waals surface area contributed by atoms with Crippen molar-refractivity contribution < 1.29 is 23.1 Å². The summed E-state index contributed by atoms with van der Waals surface area (Å²) in [5.74, 6) is 0.700. The molecule has 0 bridgehead atoms. The highest BCUT2D eigenvalue weighted by atomic mass is 32.2. The highest BCUT2D eigenvalue weighted by Gasteiger charge is 2.25. The van der Waals surface area contributed by atoms with Crippen LogP contribution in [0, 0.1) is 0 Å². The highest BCUT2D eigenvalue weighted by molar-refractivity contribution is 7.88. The van der Waals surface area contributed by atoms with Gasteiger partial charge in [-0.1, -0.05) is 6.92 Å². The number of rotatable bonds is 8. The Morgan fingerprint density at radius 1 is 1.22 bits per heavy atom. The Hall–Kier alpha value is -3.29. The molecule has 36 heavy (non-hydrogen) atoms. The molecule has 2 N–H and O–H groups in total. The number of carbonyl (C=O) groups is 1. The summed E-state index contributed by atoms with van der Waals surface area (Å²) in [6.07, 6.45) is -0.174. The van der Waals surface area contributed by atoms with Crippen LogP contribution in [0.5, 0.6) is 0 Å². The van der Waals surface area contributed by atoms with Gasteiger partial charge in [-0.2, -0.15) is 0 Å². The molecule has 0 spiro atoms. The van der Waals surface area contributed by atoms with Crippen molar-refractivity contribution in [2.45, 2.75) is 31.7 Å². The van der Waals surface area contributed by atoms with Crippen LogP contribution >= 0.6 is 0 Å². The summed E-state index contributed by atoms with van der Waals surface area (Å²) >= 11 is 0. The molecule has 1 amide bonds. The molecular weight excluding hydrogens is 486 g/mol. The molecule has 1 aliphatic rings. The number of sulfonamides is 1. The van der Waals surface area contributed by atoms with Gasteiger partial charge in [-0.3, -0.25) is 0 Å². The van der Waals surface area contributed by atoms with Crippen molar-refractivity contribution in [2.75, 3.05) is 45.8 Å². The van der Waals surface area contributed by atoms with Crippen LogP contribution in [0.15, 0.2) is 24.3 Å². The second-order valence-corrected chi connectivity index (χ2v) is 11.2. The quantitative estimate of drug-likeness (QED) is 0.459. The van der Waals surface area contributed by atoms with E-state index in [0.717, 1.165) is 11.9 Å². The average molecular weight is 518 g/mol. The second kappa shape index (κ2) is 10.4. The van der Waals surface area contributed by atoms with Crippen molar-refractivity contribution in [3.8, 4) is 11.5 Å². The largest absolute Gasteiger partial charge is 0.465 e. The standard InChI is InChI=1S/C23H31N7O5S/c1-5-17-13-35-9-8-30(17)21-11-16(14-36(33,34)28(2)3)25-22(27-21)19-7-6-18-20(26-19)10-15(24-18)12-29(4)23(31)32/h6-7,10-11,17,24H,5,8-9,12-14H2,1-4H3,(H,31,32). The summed E-state index contributed by atoms with van der Waals surface area (Å²) < 4.78 is 32.1. The number of aromatic nitrogens is 4. The SMILES string of the molecule is CCC1COCCN1c1cc(CS(=O)(=O)N(C)C)nc(-c2ccc3[nH]c(CN(C)C(=O)O)cc3n2)n1. The number of hydrogen-bond acceptors (Lipinski definition) is 8. The third kappa shape index (κ3) is 5.58. The fourth-order valence-electron chi connectivity index (χ4n) is 4.03. The Labute approximate surface area is 210 Å². The molecule has 0 aliphatic carbocycles. The second-order valence-electron chi connectivity index (χ2n) is 8.97. The fraction of sp³-hybridized carbons (Fsp3) is 0.478. The number of carboxylic acid groups (broad SMARTS) is 1. The van der Waals surface area contributed by atoms with Gasteiger partial charge in [-0.15, -0.1) is 0 Å². The molecule has 1 fully saturated rings. The van der Waals surface area contributed by atoms with Gasteiger partial charge in [0.1, 0.15) is 17.3 Å². The van der Waals surface area contributed by atoms with Crippen LogP contribution in [0.2, 0.25) is 0 Å². The van der Waals surface area contributed by atoms with Gasteiger partial charge in [-0.25, -0.2) is 32.5 Å². The lowest BCUT2D eigenvalue weighted by Gasteiger charge is -2.36. The van der Waals surface area contributed by atoms with Gasteiger partial charge in [0.15, 0.2) is 5.82 Å². The molecule has 12 nitrogen and oxygen atoms in total. The highest BCUT2D eigenvalue weighted by Crippen LogP contribution is 2.26. The van der Waals surface area contributed by atoms with E-state index in [0.29, 0.717) is 54.0 Å². The number of pyridine rings is 1. The first-order valence-electron chi connectivity index (χ1n) is 11.6. The first kappa shape index (κ1) is 25.8. The zero-order valence-electron chi connectivity index (χ0n) is 20.8. The van der Waals surface area contributed by atoms with Gasteiger partial charge in [0, 0.05) is 39.4 Å². The molecule has 1 saturated heterocycles. The summed E-state index contributed by atoms with van der Waals surface area (Å²) in [5, 5.41) is 9.14. The van der Waals surface area contributed by atoms with E-state index in [2.05, 4.69) is 21.8 Å².